The van der Waals surface area contributed by atoms with Crippen LogP contribution in [-0.2, 0) is 4.52 Å². The molecule has 0 aliphatic carbocycles. The molecule has 0 bridgehead atoms. The van der Waals surface area contributed by atoms with E-state index in [4.69, 9.17) is 9.05 Å². The van der Waals surface area contributed by atoms with Crippen molar-refractivity contribution in [2.24, 2.45) is 0 Å². The van der Waals surface area contributed by atoms with E-state index in [9.17, 15) is 4.89 Å². The Morgan fingerprint density at radius 1 is 0.880 bits per heavy atom. The fraction of sp³-hybridized carbons (Fsp3) is 0.429. The van der Waals surface area contributed by atoms with Crippen molar-refractivity contribution in [3.8, 4) is 16.9 Å². The van der Waals surface area contributed by atoms with Crippen LogP contribution in [0.15, 0.2) is 42.5 Å². The van der Waals surface area contributed by atoms with Gasteiger partial charge >= 0.3 is 8.60 Å². The zero-order chi connectivity index (χ0) is 18.1. The zero-order valence-corrected chi connectivity index (χ0v) is 16.4. The first-order valence-corrected chi connectivity index (χ1v) is 10.2. The molecule has 0 aliphatic heterocycles. The maximum absolute atomic E-state index is 10.0. The molecule has 2 aromatic rings. The summed E-state index contributed by atoms with van der Waals surface area (Å²) in [4.78, 5) is 10.0. The van der Waals surface area contributed by atoms with Crippen LogP contribution in [0.1, 0.15) is 50.2 Å². The summed E-state index contributed by atoms with van der Waals surface area (Å²) in [6.07, 6.45) is 5.82. The molecule has 0 radical (unpaired) electrons. The van der Waals surface area contributed by atoms with Crippen molar-refractivity contribution in [2.75, 3.05) is 6.61 Å². The van der Waals surface area contributed by atoms with E-state index >= 15 is 0 Å². The van der Waals surface area contributed by atoms with Gasteiger partial charge in [-0.15, -0.1) is 0 Å². The topological polar surface area (TPSA) is 38.7 Å². The van der Waals surface area contributed by atoms with Gasteiger partial charge in [0.15, 0.2) is 0 Å². The first-order chi connectivity index (χ1) is 12.1. The van der Waals surface area contributed by atoms with E-state index in [0.29, 0.717) is 12.4 Å². The molecule has 25 heavy (non-hydrogen) atoms. The smallest absolute Gasteiger partial charge is 0.394 e. The van der Waals surface area contributed by atoms with Crippen molar-refractivity contribution in [3.05, 3.63) is 53.6 Å². The van der Waals surface area contributed by atoms with Gasteiger partial charge < -0.3 is 13.9 Å². The van der Waals surface area contributed by atoms with Crippen LogP contribution in [0.4, 0.5) is 0 Å². The molecular formula is C21H29O3P. The molecule has 0 spiro atoms. The van der Waals surface area contributed by atoms with Crippen molar-refractivity contribution in [1.82, 2.24) is 0 Å². The van der Waals surface area contributed by atoms with Crippen LogP contribution in [0.5, 0.6) is 5.75 Å². The summed E-state index contributed by atoms with van der Waals surface area (Å²) in [5, 5.41) is 0. The standard InChI is InChI=1S/C21H29O3P/c1-4-5-6-7-11-16-23-25(22)24-21-15-14-20(17(2)18(21)3)19-12-9-8-10-13-19/h8-10,12-15,22H,4-7,11,16H2,1-3H3. The van der Waals surface area contributed by atoms with Crippen LogP contribution in [0.2, 0.25) is 0 Å². The largest absolute Gasteiger partial charge is 0.427 e. The average Bonchev–Trinajstić information content (AvgIpc) is 2.63. The predicted molar refractivity (Wildman–Crippen MR) is 106 cm³/mol. The van der Waals surface area contributed by atoms with Gasteiger partial charge in [0.05, 0.1) is 6.61 Å². The van der Waals surface area contributed by atoms with Gasteiger partial charge in [0.2, 0.25) is 0 Å². The number of unbranched alkanes of at least 4 members (excludes halogenated alkanes) is 4. The van der Waals surface area contributed by atoms with Gasteiger partial charge in [-0.25, -0.2) is 0 Å². The zero-order valence-electron chi connectivity index (χ0n) is 15.5. The molecule has 2 rings (SSSR count). The maximum Gasteiger partial charge on any atom is 0.394 e. The minimum Gasteiger partial charge on any atom is -0.427 e. The molecule has 0 saturated carbocycles. The highest BCUT2D eigenvalue weighted by Gasteiger charge is 2.14. The predicted octanol–water partition coefficient (Wildman–Crippen LogP) is 6.56. The van der Waals surface area contributed by atoms with E-state index in [1.165, 1.54) is 30.4 Å². The van der Waals surface area contributed by atoms with E-state index in [0.717, 1.165) is 24.0 Å². The minimum absolute atomic E-state index is 0.548. The van der Waals surface area contributed by atoms with E-state index in [1.54, 1.807) is 0 Å². The van der Waals surface area contributed by atoms with Gasteiger partial charge in [0, 0.05) is 0 Å². The average molecular weight is 360 g/mol. The number of benzene rings is 2. The Labute approximate surface area is 153 Å². The van der Waals surface area contributed by atoms with Crippen molar-refractivity contribution in [1.29, 1.82) is 0 Å². The van der Waals surface area contributed by atoms with E-state index in [2.05, 4.69) is 26.0 Å². The summed E-state index contributed by atoms with van der Waals surface area (Å²) in [6.45, 7) is 6.85. The summed E-state index contributed by atoms with van der Waals surface area (Å²) in [6, 6.07) is 14.3. The highest BCUT2D eigenvalue weighted by molar-refractivity contribution is 7.41. The molecule has 1 N–H and O–H groups in total. The Morgan fingerprint density at radius 2 is 1.60 bits per heavy atom. The molecule has 2 aromatic carbocycles. The summed E-state index contributed by atoms with van der Waals surface area (Å²) < 4.78 is 11.1. The molecule has 0 fully saturated rings. The van der Waals surface area contributed by atoms with E-state index < -0.39 is 8.60 Å². The molecule has 3 nitrogen and oxygen atoms in total. The second-order valence-electron chi connectivity index (χ2n) is 6.30. The maximum atomic E-state index is 10.0. The molecule has 0 aliphatic rings. The van der Waals surface area contributed by atoms with Crippen LogP contribution in [-0.4, -0.2) is 11.5 Å². The molecule has 0 aromatic heterocycles. The number of hydrogen-bond donors (Lipinski definition) is 1. The highest BCUT2D eigenvalue weighted by Crippen LogP contribution is 2.39. The molecule has 4 heteroatoms. The number of hydrogen-bond acceptors (Lipinski definition) is 3. The van der Waals surface area contributed by atoms with E-state index in [1.807, 2.05) is 37.3 Å². The van der Waals surface area contributed by atoms with Gasteiger partial charge in [-0.1, -0.05) is 69.0 Å². The van der Waals surface area contributed by atoms with Gasteiger partial charge in [0.1, 0.15) is 5.75 Å². The monoisotopic (exact) mass is 360 g/mol. The van der Waals surface area contributed by atoms with Crippen LogP contribution < -0.4 is 4.52 Å². The lowest BCUT2D eigenvalue weighted by Crippen LogP contribution is -1.98. The van der Waals surface area contributed by atoms with E-state index in [-0.39, 0.29) is 0 Å². The Kier molecular flexibility index (Phi) is 8.40. The highest BCUT2D eigenvalue weighted by atomic mass is 31.2. The normalized spacial score (nSPS) is 12.2. The molecule has 0 heterocycles. The molecule has 1 unspecified atom stereocenters. The van der Waals surface area contributed by atoms with Gasteiger partial charge in [0.25, 0.3) is 0 Å². The third-order valence-electron chi connectivity index (χ3n) is 4.45. The lowest BCUT2D eigenvalue weighted by atomic mass is 9.96. The summed E-state index contributed by atoms with van der Waals surface area (Å²) in [7, 11) is -1.87. The lowest BCUT2D eigenvalue weighted by Gasteiger charge is -2.16. The van der Waals surface area contributed by atoms with Crippen LogP contribution >= 0.6 is 8.60 Å². The number of rotatable bonds is 10. The van der Waals surface area contributed by atoms with Crippen LogP contribution in [0, 0.1) is 13.8 Å². The Balaban J connectivity index is 1.91. The molecule has 0 saturated heterocycles. The van der Waals surface area contributed by atoms with Gasteiger partial charge in [-0.05, 0) is 48.6 Å². The summed E-state index contributed by atoms with van der Waals surface area (Å²) in [5.74, 6) is 0.691. The fourth-order valence-electron chi connectivity index (χ4n) is 2.78. The Bertz CT molecular complexity index is 643. The lowest BCUT2D eigenvalue weighted by molar-refractivity contribution is 0.253. The first kappa shape index (κ1) is 19.9. The molecule has 1 atom stereocenters. The van der Waals surface area contributed by atoms with Crippen molar-refractivity contribution in [3.63, 3.8) is 0 Å². The van der Waals surface area contributed by atoms with Crippen LogP contribution in [0.25, 0.3) is 11.1 Å². The fourth-order valence-corrected chi connectivity index (χ4v) is 3.49. The minimum atomic E-state index is -1.87. The van der Waals surface area contributed by atoms with Crippen LogP contribution in [0.3, 0.4) is 0 Å². The SMILES string of the molecule is CCCCCCCOP(O)Oc1ccc(-c2ccccc2)c(C)c1C. The second kappa shape index (κ2) is 10.6. The summed E-state index contributed by atoms with van der Waals surface area (Å²) >= 11 is 0. The first-order valence-electron chi connectivity index (χ1n) is 9.09. The molecular weight excluding hydrogens is 331 g/mol. The van der Waals surface area contributed by atoms with Gasteiger partial charge in [-0.2, -0.15) is 0 Å². The third-order valence-corrected chi connectivity index (χ3v) is 5.20. The quantitative estimate of drug-likeness (QED) is 0.385. The second-order valence-corrected chi connectivity index (χ2v) is 7.22. The molecule has 0 amide bonds. The van der Waals surface area contributed by atoms with Crippen molar-refractivity contribution in [2.45, 2.75) is 52.9 Å². The van der Waals surface area contributed by atoms with Crippen molar-refractivity contribution < 1.29 is 13.9 Å². The third kappa shape index (κ3) is 6.11. The summed E-state index contributed by atoms with van der Waals surface area (Å²) in [5.41, 5.74) is 4.56. The van der Waals surface area contributed by atoms with Crippen molar-refractivity contribution >= 4 is 8.60 Å². The molecule has 136 valence electrons. The Hall–Kier alpha value is -1.41. The van der Waals surface area contributed by atoms with Gasteiger partial charge in [-0.3, -0.25) is 0 Å². The Morgan fingerprint density at radius 3 is 2.32 bits per heavy atom.